The van der Waals surface area contributed by atoms with Gasteiger partial charge in [-0.3, -0.25) is 0 Å². The molecule has 0 bridgehead atoms. The van der Waals surface area contributed by atoms with Gasteiger partial charge in [-0.15, -0.1) is 11.5 Å². The third-order valence-electron chi connectivity index (χ3n) is 4.21. The standard InChI is InChI=1S/C20H25N7O3/c1-7-12-30-23-16(5)15(4)21-22-19(8-2)29-13-17-14(3)10-9-11-18(17)27-20(28)26(6)24-25-27/h1,9-11H,8,12-13H2,2-6H3. The number of benzene rings is 1. The highest BCUT2D eigenvalue weighted by molar-refractivity contribution is 6.40. The molecule has 0 saturated carbocycles. The highest BCUT2D eigenvalue weighted by Crippen LogP contribution is 2.18. The second-order valence-corrected chi connectivity index (χ2v) is 6.35. The number of aromatic nitrogens is 4. The van der Waals surface area contributed by atoms with Crippen LogP contribution in [0.3, 0.4) is 0 Å². The SMILES string of the molecule is C#CCON=C(C)C(C)=NN=C(CC)OCc1c(C)cccc1-n1nnn(C)c1=O. The monoisotopic (exact) mass is 411 g/mol. The highest BCUT2D eigenvalue weighted by atomic mass is 16.6. The summed E-state index contributed by atoms with van der Waals surface area (Å²) in [5.74, 6) is 2.77. The van der Waals surface area contributed by atoms with Crippen LogP contribution in [0.4, 0.5) is 0 Å². The molecule has 1 aromatic carbocycles. The lowest BCUT2D eigenvalue weighted by atomic mass is 10.1. The van der Waals surface area contributed by atoms with E-state index in [1.807, 2.05) is 26.0 Å². The molecule has 0 amide bonds. The first-order chi connectivity index (χ1) is 14.4. The summed E-state index contributed by atoms with van der Waals surface area (Å²) in [6, 6.07) is 5.58. The Morgan fingerprint density at radius 3 is 2.63 bits per heavy atom. The first-order valence-electron chi connectivity index (χ1n) is 9.31. The molecule has 10 nitrogen and oxygen atoms in total. The van der Waals surface area contributed by atoms with E-state index in [1.54, 1.807) is 27.0 Å². The minimum Gasteiger partial charge on any atom is -0.475 e. The van der Waals surface area contributed by atoms with E-state index in [0.717, 1.165) is 11.1 Å². The Morgan fingerprint density at radius 1 is 1.23 bits per heavy atom. The van der Waals surface area contributed by atoms with E-state index in [1.165, 1.54) is 9.36 Å². The van der Waals surface area contributed by atoms with E-state index < -0.39 is 0 Å². The van der Waals surface area contributed by atoms with Crippen LogP contribution in [0.5, 0.6) is 0 Å². The molecule has 0 fully saturated rings. The maximum Gasteiger partial charge on any atom is 0.368 e. The van der Waals surface area contributed by atoms with Crippen molar-refractivity contribution in [3.63, 3.8) is 0 Å². The van der Waals surface area contributed by atoms with Gasteiger partial charge in [-0.2, -0.15) is 14.5 Å². The average Bonchev–Trinajstić information content (AvgIpc) is 3.07. The van der Waals surface area contributed by atoms with E-state index in [-0.39, 0.29) is 18.9 Å². The van der Waals surface area contributed by atoms with E-state index in [2.05, 4.69) is 31.7 Å². The molecule has 10 heteroatoms. The van der Waals surface area contributed by atoms with Gasteiger partial charge in [-0.1, -0.05) is 30.1 Å². The number of nitrogens with zero attached hydrogens (tertiary/aromatic N) is 7. The Hall–Kier alpha value is -3.74. The zero-order valence-corrected chi connectivity index (χ0v) is 17.8. The lowest BCUT2D eigenvalue weighted by Gasteiger charge is -2.13. The van der Waals surface area contributed by atoms with Gasteiger partial charge in [-0.05, 0) is 42.8 Å². The van der Waals surface area contributed by atoms with Gasteiger partial charge >= 0.3 is 5.69 Å². The molecular weight excluding hydrogens is 386 g/mol. The van der Waals surface area contributed by atoms with E-state index >= 15 is 0 Å². The largest absolute Gasteiger partial charge is 0.475 e. The van der Waals surface area contributed by atoms with Crippen LogP contribution in [-0.2, 0) is 23.2 Å². The van der Waals surface area contributed by atoms with Crippen LogP contribution in [0, 0.1) is 19.3 Å². The normalized spacial score (nSPS) is 12.6. The van der Waals surface area contributed by atoms with Crippen molar-refractivity contribution in [2.45, 2.75) is 40.7 Å². The van der Waals surface area contributed by atoms with Gasteiger partial charge in [0.25, 0.3) is 0 Å². The molecular formula is C20H25N7O3. The van der Waals surface area contributed by atoms with Crippen LogP contribution in [0.2, 0.25) is 0 Å². The Bertz CT molecular complexity index is 1070. The van der Waals surface area contributed by atoms with Crippen molar-refractivity contribution in [2.75, 3.05) is 6.61 Å². The maximum absolute atomic E-state index is 12.2. The molecule has 0 aliphatic rings. The quantitative estimate of drug-likeness (QED) is 0.217. The first kappa shape index (κ1) is 22.5. The van der Waals surface area contributed by atoms with Crippen molar-refractivity contribution < 1.29 is 9.57 Å². The van der Waals surface area contributed by atoms with Crippen LogP contribution in [0.25, 0.3) is 5.69 Å². The molecule has 0 radical (unpaired) electrons. The van der Waals surface area contributed by atoms with Crippen LogP contribution in [0.15, 0.2) is 38.4 Å². The Labute approximate surface area is 174 Å². The number of hydrogen-bond donors (Lipinski definition) is 0. The lowest BCUT2D eigenvalue weighted by molar-refractivity contribution is 0.180. The van der Waals surface area contributed by atoms with Gasteiger partial charge in [-0.25, -0.2) is 4.79 Å². The lowest BCUT2D eigenvalue weighted by Crippen LogP contribution is -2.23. The van der Waals surface area contributed by atoms with Crippen LogP contribution < -0.4 is 5.69 Å². The first-order valence-corrected chi connectivity index (χ1v) is 9.31. The van der Waals surface area contributed by atoms with E-state index in [0.29, 0.717) is 29.4 Å². The fourth-order valence-electron chi connectivity index (χ4n) is 2.33. The Balaban J connectivity index is 2.21. The summed E-state index contributed by atoms with van der Waals surface area (Å²) < 4.78 is 8.28. The summed E-state index contributed by atoms with van der Waals surface area (Å²) in [4.78, 5) is 17.2. The average molecular weight is 411 g/mol. The molecule has 0 unspecified atom stereocenters. The summed E-state index contributed by atoms with van der Waals surface area (Å²) in [5.41, 5.74) is 3.17. The number of rotatable bonds is 8. The molecule has 0 saturated heterocycles. The third-order valence-corrected chi connectivity index (χ3v) is 4.21. The van der Waals surface area contributed by atoms with Crippen molar-refractivity contribution >= 4 is 17.3 Å². The van der Waals surface area contributed by atoms with Crippen LogP contribution >= 0.6 is 0 Å². The van der Waals surface area contributed by atoms with Gasteiger partial charge in [0, 0.05) is 19.0 Å². The van der Waals surface area contributed by atoms with Crippen molar-refractivity contribution in [3.8, 4) is 18.0 Å². The van der Waals surface area contributed by atoms with E-state index in [4.69, 9.17) is 16.0 Å². The molecule has 0 atom stereocenters. The number of terminal acetylenes is 1. The minimum atomic E-state index is -0.340. The predicted molar refractivity (Wildman–Crippen MR) is 115 cm³/mol. The van der Waals surface area contributed by atoms with Crippen molar-refractivity contribution in [2.24, 2.45) is 22.4 Å². The summed E-state index contributed by atoms with van der Waals surface area (Å²) in [6.45, 7) is 7.64. The van der Waals surface area contributed by atoms with Gasteiger partial charge in [0.1, 0.15) is 6.61 Å². The fraction of sp³-hybridized carbons (Fsp3) is 0.400. The fourth-order valence-corrected chi connectivity index (χ4v) is 2.33. The number of hydrogen-bond acceptors (Lipinski definition) is 8. The number of tetrazole rings is 1. The molecule has 158 valence electrons. The summed E-state index contributed by atoms with van der Waals surface area (Å²) in [5, 5.41) is 19.9. The smallest absolute Gasteiger partial charge is 0.368 e. The second kappa shape index (κ2) is 10.7. The summed E-state index contributed by atoms with van der Waals surface area (Å²) in [6.07, 6.45) is 5.65. The molecule has 2 rings (SSSR count). The highest BCUT2D eigenvalue weighted by Gasteiger charge is 2.14. The molecule has 0 aliphatic heterocycles. The second-order valence-electron chi connectivity index (χ2n) is 6.35. The van der Waals surface area contributed by atoms with Gasteiger partial charge in [0.05, 0.1) is 17.1 Å². The summed E-state index contributed by atoms with van der Waals surface area (Å²) in [7, 11) is 1.54. The molecule has 1 aromatic heterocycles. The molecule has 0 aliphatic carbocycles. The molecule has 30 heavy (non-hydrogen) atoms. The molecule has 1 heterocycles. The predicted octanol–water partition coefficient (Wildman–Crippen LogP) is 2.00. The minimum absolute atomic E-state index is 0.0881. The molecule has 0 spiro atoms. The zero-order valence-electron chi connectivity index (χ0n) is 17.8. The maximum atomic E-state index is 12.2. The van der Waals surface area contributed by atoms with E-state index in [9.17, 15) is 4.79 Å². The third kappa shape index (κ3) is 5.64. The van der Waals surface area contributed by atoms with Crippen molar-refractivity contribution in [1.82, 2.24) is 19.8 Å². The van der Waals surface area contributed by atoms with Crippen molar-refractivity contribution in [3.05, 3.63) is 39.8 Å². The Morgan fingerprint density at radius 2 is 2.00 bits per heavy atom. The van der Waals surface area contributed by atoms with Gasteiger partial charge in [0.15, 0.2) is 6.61 Å². The topological polar surface area (TPSA) is 108 Å². The number of oxime groups is 1. The molecule has 2 aromatic rings. The number of aryl methyl sites for hydroxylation is 2. The zero-order chi connectivity index (χ0) is 22.1. The van der Waals surface area contributed by atoms with Crippen LogP contribution in [-0.4, -0.2) is 43.7 Å². The van der Waals surface area contributed by atoms with Gasteiger partial charge < -0.3 is 9.57 Å². The van der Waals surface area contributed by atoms with Crippen LogP contribution in [0.1, 0.15) is 38.3 Å². The molecule has 0 N–H and O–H groups in total. The Kier molecular flexibility index (Phi) is 8.05. The summed E-state index contributed by atoms with van der Waals surface area (Å²) >= 11 is 0. The van der Waals surface area contributed by atoms with Gasteiger partial charge in [0.2, 0.25) is 5.90 Å². The number of ether oxygens (including phenoxy) is 1. The van der Waals surface area contributed by atoms with Crippen molar-refractivity contribution in [1.29, 1.82) is 0 Å².